The zero-order valence-electron chi connectivity index (χ0n) is 9.22. The molecule has 82 valence electrons. The Labute approximate surface area is 92.2 Å². The molecule has 0 aliphatic carbocycles. The molecule has 1 rings (SSSR count). The second-order valence-corrected chi connectivity index (χ2v) is 5.63. The van der Waals surface area contributed by atoms with Crippen LogP contribution in [0.1, 0.15) is 13.3 Å². The van der Waals surface area contributed by atoms with Crippen molar-refractivity contribution in [2.45, 2.75) is 18.2 Å². The van der Waals surface area contributed by atoms with Crippen molar-refractivity contribution in [3.8, 4) is 0 Å². The van der Waals surface area contributed by atoms with E-state index in [0.29, 0.717) is 5.75 Å². The maximum atomic E-state index is 12.4. The maximum Gasteiger partial charge on any atom is 0.0785 e. The van der Waals surface area contributed by atoms with Crippen molar-refractivity contribution in [1.29, 1.82) is 0 Å². The van der Waals surface area contributed by atoms with Crippen molar-refractivity contribution >= 4 is 9.73 Å². The fourth-order valence-electron chi connectivity index (χ4n) is 1.27. The number of hydrogen-bond acceptors (Lipinski definition) is 2. The smallest absolute Gasteiger partial charge is 0.0785 e. The van der Waals surface area contributed by atoms with E-state index in [0.717, 1.165) is 11.3 Å². The molecule has 0 unspecified atom stereocenters. The highest BCUT2D eigenvalue weighted by atomic mass is 32.2. The first kappa shape index (κ1) is 12.0. The van der Waals surface area contributed by atoms with E-state index in [1.807, 2.05) is 42.5 Å². The molecular weight excluding hydrogens is 206 g/mol. The zero-order chi connectivity index (χ0) is 11.1. The highest BCUT2D eigenvalue weighted by Crippen LogP contribution is 2.13. The summed E-state index contributed by atoms with van der Waals surface area (Å²) in [6.07, 6.45) is 4.93. The van der Waals surface area contributed by atoms with Gasteiger partial charge in [0.25, 0.3) is 0 Å². The van der Waals surface area contributed by atoms with E-state index in [2.05, 4.69) is 11.3 Å². The maximum absolute atomic E-state index is 12.4. The lowest BCUT2D eigenvalue weighted by molar-refractivity contribution is 0.678. The van der Waals surface area contributed by atoms with Crippen LogP contribution in [0.4, 0.5) is 0 Å². The molecule has 0 saturated carbocycles. The molecular formula is C12H17NOS. The Balaban J connectivity index is 2.98. The fourth-order valence-corrected chi connectivity index (χ4v) is 2.81. The first-order chi connectivity index (χ1) is 7.23. The summed E-state index contributed by atoms with van der Waals surface area (Å²) in [6.45, 7) is 2.06. The van der Waals surface area contributed by atoms with Crippen molar-refractivity contribution < 1.29 is 4.21 Å². The molecule has 0 N–H and O–H groups in total. The van der Waals surface area contributed by atoms with Gasteiger partial charge in [-0.25, -0.2) is 8.57 Å². The molecule has 1 atom stereocenters. The molecule has 1 aromatic carbocycles. The molecule has 0 aliphatic rings. The molecule has 0 amide bonds. The van der Waals surface area contributed by atoms with Crippen molar-refractivity contribution in [2.24, 2.45) is 4.36 Å². The van der Waals surface area contributed by atoms with Crippen molar-refractivity contribution in [1.82, 2.24) is 0 Å². The summed E-state index contributed by atoms with van der Waals surface area (Å²) in [5.41, 5.74) is 0. The van der Waals surface area contributed by atoms with E-state index in [4.69, 9.17) is 0 Å². The third kappa shape index (κ3) is 3.20. The number of hydrogen-bond donors (Lipinski definition) is 0. The lowest BCUT2D eigenvalue weighted by atomic mass is 10.4. The van der Waals surface area contributed by atoms with Crippen LogP contribution in [-0.4, -0.2) is 17.0 Å². The molecule has 0 radical (unpaired) electrons. The van der Waals surface area contributed by atoms with E-state index in [1.165, 1.54) is 0 Å². The number of nitrogens with zero attached hydrogens (tertiary/aromatic N) is 1. The number of rotatable bonds is 4. The number of benzene rings is 1. The topological polar surface area (TPSA) is 29.4 Å². The van der Waals surface area contributed by atoms with Gasteiger partial charge < -0.3 is 0 Å². The normalized spacial score (nSPS) is 15.1. The van der Waals surface area contributed by atoms with Crippen LogP contribution in [0.3, 0.4) is 0 Å². The van der Waals surface area contributed by atoms with E-state index in [9.17, 15) is 4.21 Å². The summed E-state index contributed by atoms with van der Waals surface area (Å²) in [6, 6.07) is 9.44. The molecule has 0 heterocycles. The average Bonchev–Trinajstić information content (AvgIpc) is 2.30. The van der Waals surface area contributed by atoms with Gasteiger partial charge >= 0.3 is 0 Å². The van der Waals surface area contributed by atoms with Crippen LogP contribution in [0.15, 0.2) is 51.7 Å². The van der Waals surface area contributed by atoms with Gasteiger partial charge in [0.2, 0.25) is 0 Å². The summed E-state index contributed by atoms with van der Waals surface area (Å²) in [7, 11) is -0.620. The Morgan fingerprint density at radius 1 is 1.27 bits per heavy atom. The summed E-state index contributed by atoms with van der Waals surface area (Å²) >= 11 is 0. The van der Waals surface area contributed by atoms with E-state index >= 15 is 0 Å². The van der Waals surface area contributed by atoms with Crippen molar-refractivity contribution in [3.63, 3.8) is 0 Å². The quantitative estimate of drug-likeness (QED) is 0.721. The van der Waals surface area contributed by atoms with Gasteiger partial charge in [0.1, 0.15) is 0 Å². The van der Waals surface area contributed by atoms with Gasteiger partial charge in [-0.3, -0.25) is 0 Å². The molecule has 0 aliphatic heterocycles. The molecule has 0 bridgehead atoms. The minimum atomic E-state index is -2.24. The van der Waals surface area contributed by atoms with E-state index in [1.54, 1.807) is 7.05 Å². The first-order valence-electron chi connectivity index (χ1n) is 5.06. The van der Waals surface area contributed by atoms with Crippen LogP contribution in [0.2, 0.25) is 0 Å². The molecule has 0 saturated heterocycles. The highest BCUT2D eigenvalue weighted by Gasteiger charge is 2.08. The summed E-state index contributed by atoms with van der Waals surface area (Å²) < 4.78 is 16.5. The third-order valence-corrected chi connectivity index (χ3v) is 4.37. The summed E-state index contributed by atoms with van der Waals surface area (Å²) in [4.78, 5) is 0.813. The van der Waals surface area contributed by atoms with Gasteiger partial charge in [-0.05, 0) is 18.6 Å². The van der Waals surface area contributed by atoms with Gasteiger partial charge in [0, 0.05) is 11.9 Å². The molecule has 2 nitrogen and oxygen atoms in total. The molecule has 15 heavy (non-hydrogen) atoms. The predicted octanol–water partition coefficient (Wildman–Crippen LogP) is 3.11. The fraction of sp³-hybridized carbons (Fsp3) is 0.333. The largest absolute Gasteiger partial charge is 0.244 e. The average molecular weight is 223 g/mol. The standard InChI is InChI=1S/C12H17NOS/c1-3-4-8-11-15(14,13-2)12-9-6-5-7-10-12/h4-10H,3,11H2,1-2H3/b8-4+/t15-/m1/s1. The van der Waals surface area contributed by atoms with Gasteiger partial charge in [0.15, 0.2) is 0 Å². The molecule has 0 fully saturated rings. The minimum Gasteiger partial charge on any atom is -0.244 e. The van der Waals surface area contributed by atoms with Gasteiger partial charge in [-0.1, -0.05) is 37.3 Å². The lowest BCUT2D eigenvalue weighted by Crippen LogP contribution is -2.04. The van der Waals surface area contributed by atoms with Gasteiger partial charge in [0.05, 0.1) is 15.5 Å². The predicted molar refractivity (Wildman–Crippen MR) is 65.5 cm³/mol. The monoisotopic (exact) mass is 223 g/mol. The minimum absolute atomic E-state index is 0.501. The van der Waals surface area contributed by atoms with E-state index < -0.39 is 9.73 Å². The van der Waals surface area contributed by atoms with Crippen LogP contribution in [0.5, 0.6) is 0 Å². The third-order valence-electron chi connectivity index (χ3n) is 2.13. The van der Waals surface area contributed by atoms with Crippen LogP contribution in [0, 0.1) is 0 Å². The Kier molecular flexibility index (Phi) is 4.56. The van der Waals surface area contributed by atoms with E-state index in [-0.39, 0.29) is 0 Å². The molecule has 3 heteroatoms. The summed E-state index contributed by atoms with van der Waals surface area (Å²) in [5, 5.41) is 0. The molecule has 1 aromatic rings. The van der Waals surface area contributed by atoms with Crippen LogP contribution in [0.25, 0.3) is 0 Å². The highest BCUT2D eigenvalue weighted by molar-refractivity contribution is 7.93. The zero-order valence-corrected chi connectivity index (χ0v) is 10.0. The van der Waals surface area contributed by atoms with Crippen molar-refractivity contribution in [2.75, 3.05) is 12.8 Å². The van der Waals surface area contributed by atoms with Crippen LogP contribution in [-0.2, 0) is 9.73 Å². The molecule has 0 spiro atoms. The first-order valence-corrected chi connectivity index (χ1v) is 6.74. The van der Waals surface area contributed by atoms with Gasteiger partial charge in [-0.15, -0.1) is 0 Å². The number of allylic oxidation sites excluding steroid dienone is 1. The SMILES string of the molecule is CC/C=C/C[S@](=O)(=NC)c1ccccc1. The second-order valence-electron chi connectivity index (χ2n) is 3.18. The Hall–Kier alpha value is -1.09. The Bertz CT molecular complexity index is 428. The Morgan fingerprint density at radius 3 is 2.47 bits per heavy atom. The summed E-state index contributed by atoms with van der Waals surface area (Å²) in [5.74, 6) is 0.501. The molecule has 0 aromatic heterocycles. The van der Waals surface area contributed by atoms with Crippen LogP contribution >= 0.6 is 0 Å². The van der Waals surface area contributed by atoms with Gasteiger partial charge in [-0.2, -0.15) is 0 Å². The second kappa shape index (κ2) is 5.71. The van der Waals surface area contributed by atoms with Crippen LogP contribution < -0.4 is 0 Å². The lowest BCUT2D eigenvalue weighted by Gasteiger charge is -2.06. The Morgan fingerprint density at radius 2 is 1.93 bits per heavy atom. The van der Waals surface area contributed by atoms with Crippen molar-refractivity contribution in [3.05, 3.63) is 42.5 Å².